The second-order valence-corrected chi connectivity index (χ2v) is 7.70. The third-order valence-corrected chi connectivity index (χ3v) is 5.62. The molecule has 0 fully saturated rings. The average molecular weight is 432 g/mol. The van der Waals surface area contributed by atoms with Crippen LogP contribution in [0.4, 0.5) is 0 Å². The summed E-state index contributed by atoms with van der Waals surface area (Å²) in [5.41, 5.74) is 5.10. The second-order valence-electron chi connectivity index (χ2n) is 7.32. The zero-order valence-electron chi connectivity index (χ0n) is 17.4. The monoisotopic (exact) mass is 431 g/mol. The van der Waals surface area contributed by atoms with Crippen LogP contribution in [0.1, 0.15) is 32.9 Å². The highest BCUT2D eigenvalue weighted by Crippen LogP contribution is 2.23. The van der Waals surface area contributed by atoms with Gasteiger partial charge in [-0.25, -0.2) is 4.68 Å². The Kier molecular flexibility index (Phi) is 6.09. The van der Waals surface area contributed by atoms with E-state index >= 15 is 0 Å². The summed E-state index contributed by atoms with van der Waals surface area (Å²) in [6.45, 7) is 4.74. The number of halogens is 1. The first-order valence-corrected chi connectivity index (χ1v) is 10.3. The van der Waals surface area contributed by atoms with Crippen molar-refractivity contribution >= 4 is 17.5 Å². The third-order valence-electron chi connectivity index (χ3n) is 5.07. The van der Waals surface area contributed by atoms with Crippen LogP contribution in [-0.4, -0.2) is 30.6 Å². The molecule has 3 aromatic heterocycles. The van der Waals surface area contributed by atoms with Gasteiger partial charge in [-0.1, -0.05) is 17.7 Å². The molecular formula is C24H22ClN5O. The van der Waals surface area contributed by atoms with Crippen LogP contribution in [0.5, 0.6) is 0 Å². The molecule has 0 saturated carbocycles. The van der Waals surface area contributed by atoms with Crippen molar-refractivity contribution < 1.29 is 4.79 Å². The maximum atomic E-state index is 13.4. The summed E-state index contributed by atoms with van der Waals surface area (Å²) in [5, 5.41) is 5.13. The minimum atomic E-state index is -0.0568. The summed E-state index contributed by atoms with van der Waals surface area (Å²) in [4.78, 5) is 23.4. The molecule has 31 heavy (non-hydrogen) atoms. The van der Waals surface area contributed by atoms with Crippen molar-refractivity contribution in [1.82, 2.24) is 24.6 Å². The third kappa shape index (κ3) is 4.64. The molecule has 156 valence electrons. The highest BCUT2D eigenvalue weighted by molar-refractivity contribution is 6.31. The lowest BCUT2D eigenvalue weighted by Gasteiger charge is -2.23. The topological polar surface area (TPSA) is 63.9 Å². The Morgan fingerprint density at radius 2 is 1.65 bits per heavy atom. The first-order valence-electron chi connectivity index (χ1n) is 9.92. The summed E-state index contributed by atoms with van der Waals surface area (Å²) >= 11 is 6.27. The van der Waals surface area contributed by atoms with E-state index in [0.717, 1.165) is 28.2 Å². The van der Waals surface area contributed by atoms with Crippen LogP contribution in [0.2, 0.25) is 5.02 Å². The van der Waals surface area contributed by atoms with Gasteiger partial charge in [0.2, 0.25) is 0 Å². The van der Waals surface area contributed by atoms with Gasteiger partial charge >= 0.3 is 0 Å². The normalized spacial score (nSPS) is 10.8. The van der Waals surface area contributed by atoms with Gasteiger partial charge < -0.3 is 4.90 Å². The molecule has 0 aliphatic rings. The van der Waals surface area contributed by atoms with Gasteiger partial charge in [0, 0.05) is 43.4 Å². The van der Waals surface area contributed by atoms with E-state index in [2.05, 4.69) is 15.1 Å². The first kappa shape index (κ1) is 20.8. The van der Waals surface area contributed by atoms with Crippen molar-refractivity contribution in [3.8, 4) is 5.69 Å². The maximum absolute atomic E-state index is 13.4. The molecule has 0 aliphatic heterocycles. The fourth-order valence-electron chi connectivity index (χ4n) is 3.42. The van der Waals surface area contributed by atoms with Gasteiger partial charge in [0.05, 0.1) is 22.1 Å². The minimum absolute atomic E-state index is 0.0568. The molecule has 0 unspecified atom stereocenters. The molecule has 1 amide bonds. The van der Waals surface area contributed by atoms with Crippen LogP contribution in [-0.2, 0) is 13.1 Å². The van der Waals surface area contributed by atoms with Gasteiger partial charge in [-0.15, -0.1) is 0 Å². The number of pyridine rings is 2. The number of carbonyl (C=O) groups is 1. The van der Waals surface area contributed by atoms with Crippen LogP contribution in [0.3, 0.4) is 0 Å². The lowest BCUT2D eigenvalue weighted by molar-refractivity contribution is 0.0730. The van der Waals surface area contributed by atoms with E-state index in [-0.39, 0.29) is 5.91 Å². The van der Waals surface area contributed by atoms with Gasteiger partial charge in [-0.3, -0.25) is 14.8 Å². The molecule has 0 bridgehead atoms. The predicted molar refractivity (Wildman–Crippen MR) is 120 cm³/mol. The van der Waals surface area contributed by atoms with E-state index in [1.165, 1.54) is 0 Å². The molecule has 0 radical (unpaired) electrons. The Morgan fingerprint density at radius 1 is 0.935 bits per heavy atom. The van der Waals surface area contributed by atoms with Gasteiger partial charge in [-0.05, 0) is 67.4 Å². The Balaban J connectivity index is 1.60. The van der Waals surface area contributed by atoms with Crippen molar-refractivity contribution in [3.05, 3.63) is 106 Å². The zero-order chi connectivity index (χ0) is 21.8. The molecule has 1 aromatic carbocycles. The van der Waals surface area contributed by atoms with E-state index in [1.807, 2.05) is 67.3 Å². The highest BCUT2D eigenvalue weighted by atomic mass is 35.5. The standard InChI is InChI=1S/C24H22ClN5O/c1-17-23(25)18(2)30(28-17)22-7-5-21(6-8-22)24(31)29(15-19-9-12-26-13-10-19)16-20-4-3-11-27-14-20/h3-14H,15-16H2,1-2H3. The number of nitrogens with zero attached hydrogens (tertiary/aromatic N) is 5. The predicted octanol–water partition coefficient (Wildman–Crippen LogP) is 4.78. The number of rotatable bonds is 6. The Labute approximate surface area is 186 Å². The molecule has 4 aromatic rings. The molecular weight excluding hydrogens is 410 g/mol. The Morgan fingerprint density at radius 3 is 2.26 bits per heavy atom. The van der Waals surface area contributed by atoms with Gasteiger partial charge in [0.15, 0.2) is 0 Å². The van der Waals surface area contributed by atoms with Crippen molar-refractivity contribution in [2.45, 2.75) is 26.9 Å². The van der Waals surface area contributed by atoms with E-state index < -0.39 is 0 Å². The molecule has 0 N–H and O–H groups in total. The number of hydrogen-bond acceptors (Lipinski definition) is 4. The second kappa shape index (κ2) is 9.10. The summed E-state index contributed by atoms with van der Waals surface area (Å²) in [7, 11) is 0. The van der Waals surface area contributed by atoms with E-state index in [4.69, 9.17) is 11.6 Å². The van der Waals surface area contributed by atoms with Crippen LogP contribution >= 0.6 is 11.6 Å². The largest absolute Gasteiger partial charge is 0.330 e. The van der Waals surface area contributed by atoms with E-state index in [9.17, 15) is 4.79 Å². The van der Waals surface area contributed by atoms with Crippen molar-refractivity contribution in [3.63, 3.8) is 0 Å². The van der Waals surface area contributed by atoms with Gasteiger partial charge in [0.25, 0.3) is 5.91 Å². The lowest BCUT2D eigenvalue weighted by atomic mass is 10.1. The minimum Gasteiger partial charge on any atom is -0.330 e. The Bertz CT molecular complexity index is 1130. The van der Waals surface area contributed by atoms with Crippen molar-refractivity contribution in [1.29, 1.82) is 0 Å². The van der Waals surface area contributed by atoms with Crippen LogP contribution in [0.15, 0.2) is 73.3 Å². The van der Waals surface area contributed by atoms with Gasteiger partial charge in [0.1, 0.15) is 0 Å². The van der Waals surface area contributed by atoms with Crippen LogP contribution < -0.4 is 0 Å². The molecule has 6 nitrogen and oxygen atoms in total. The fourth-order valence-corrected chi connectivity index (χ4v) is 3.54. The summed E-state index contributed by atoms with van der Waals surface area (Å²) in [5.74, 6) is -0.0568. The molecule has 3 heterocycles. The SMILES string of the molecule is Cc1nn(-c2ccc(C(=O)N(Cc3ccncc3)Cc3cccnc3)cc2)c(C)c1Cl. The van der Waals surface area contributed by atoms with Crippen LogP contribution in [0.25, 0.3) is 5.69 Å². The number of hydrogen-bond donors (Lipinski definition) is 0. The number of aromatic nitrogens is 4. The summed E-state index contributed by atoms with van der Waals surface area (Å²) < 4.78 is 1.79. The Hall–Kier alpha value is -3.51. The number of benzene rings is 1. The molecule has 0 aliphatic carbocycles. The highest BCUT2D eigenvalue weighted by Gasteiger charge is 2.18. The van der Waals surface area contributed by atoms with Crippen molar-refractivity contribution in [2.75, 3.05) is 0 Å². The summed E-state index contributed by atoms with van der Waals surface area (Å²) in [6, 6.07) is 15.1. The smallest absolute Gasteiger partial charge is 0.254 e. The lowest BCUT2D eigenvalue weighted by Crippen LogP contribution is -2.30. The molecule has 7 heteroatoms. The fraction of sp³-hybridized carbons (Fsp3) is 0.167. The van der Waals surface area contributed by atoms with E-state index in [1.54, 1.807) is 29.5 Å². The molecule has 4 rings (SSSR count). The molecule has 0 spiro atoms. The quantitative estimate of drug-likeness (QED) is 0.441. The van der Waals surface area contributed by atoms with E-state index in [0.29, 0.717) is 23.7 Å². The molecule has 0 saturated heterocycles. The zero-order valence-corrected chi connectivity index (χ0v) is 18.1. The maximum Gasteiger partial charge on any atom is 0.254 e. The molecule has 0 atom stereocenters. The van der Waals surface area contributed by atoms with Gasteiger partial charge in [-0.2, -0.15) is 5.10 Å². The van der Waals surface area contributed by atoms with Crippen molar-refractivity contribution in [2.24, 2.45) is 0 Å². The first-order chi connectivity index (χ1) is 15.0. The summed E-state index contributed by atoms with van der Waals surface area (Å²) in [6.07, 6.45) is 6.97. The number of carbonyl (C=O) groups excluding carboxylic acids is 1. The number of amides is 1. The number of aryl methyl sites for hydroxylation is 1. The van der Waals surface area contributed by atoms with Crippen LogP contribution in [0, 0.1) is 13.8 Å². The average Bonchev–Trinajstić information content (AvgIpc) is 3.07.